The molecule has 1 aliphatic carbocycles. The van der Waals surface area contributed by atoms with Gasteiger partial charge in [-0.1, -0.05) is 11.3 Å². The van der Waals surface area contributed by atoms with Crippen molar-refractivity contribution in [3.63, 3.8) is 0 Å². The first-order valence-electron chi connectivity index (χ1n) is 12.1. The summed E-state index contributed by atoms with van der Waals surface area (Å²) in [5, 5.41) is 22.6. The predicted molar refractivity (Wildman–Crippen MR) is 129 cm³/mol. The van der Waals surface area contributed by atoms with Crippen LogP contribution in [0.4, 0.5) is 11.5 Å². The maximum absolute atomic E-state index is 6.39. The Kier molecular flexibility index (Phi) is 5.87. The lowest BCUT2D eigenvalue weighted by atomic mass is 9.96. The third-order valence-electron chi connectivity index (χ3n) is 6.37. The molecule has 1 saturated heterocycles. The largest absolute Gasteiger partial charge is 0.454 e. The van der Waals surface area contributed by atoms with Crippen molar-refractivity contribution >= 4 is 11.5 Å². The van der Waals surface area contributed by atoms with Crippen LogP contribution in [0.3, 0.4) is 0 Å². The SMILES string of the molecule is Cc1cc(Cc2nn[nH]n2)cc(Nc2cc(Oc3cn(C4CC4)nc3C3CCOCC3)ccn2)c1. The molecule has 2 fully saturated rings. The lowest BCUT2D eigenvalue weighted by Crippen LogP contribution is -2.15. The number of anilines is 2. The van der Waals surface area contributed by atoms with Gasteiger partial charge < -0.3 is 14.8 Å². The maximum atomic E-state index is 6.39. The summed E-state index contributed by atoms with van der Waals surface area (Å²) in [6.45, 7) is 3.61. The Balaban J connectivity index is 1.21. The van der Waals surface area contributed by atoms with Crippen molar-refractivity contribution in [2.75, 3.05) is 18.5 Å². The third kappa shape index (κ3) is 5.17. The quantitative estimate of drug-likeness (QED) is 0.386. The van der Waals surface area contributed by atoms with Crippen molar-refractivity contribution in [3.8, 4) is 11.5 Å². The van der Waals surface area contributed by atoms with Crippen LogP contribution < -0.4 is 10.1 Å². The van der Waals surface area contributed by atoms with Crippen LogP contribution in [-0.4, -0.2) is 48.6 Å². The number of H-pyrrole nitrogens is 1. The van der Waals surface area contributed by atoms with Crippen molar-refractivity contribution in [2.45, 2.75) is 51.0 Å². The molecule has 180 valence electrons. The Morgan fingerprint density at radius 2 is 2.03 bits per heavy atom. The van der Waals surface area contributed by atoms with Gasteiger partial charge in [-0.3, -0.25) is 4.68 Å². The first-order valence-corrected chi connectivity index (χ1v) is 12.1. The molecular formula is C25H28N8O2. The van der Waals surface area contributed by atoms with Gasteiger partial charge in [-0.15, -0.1) is 10.2 Å². The highest BCUT2D eigenvalue weighted by atomic mass is 16.5. The number of hydrogen-bond acceptors (Lipinski definition) is 8. The Bertz CT molecular complexity index is 1290. The van der Waals surface area contributed by atoms with Gasteiger partial charge in [0.25, 0.3) is 0 Å². The molecule has 0 atom stereocenters. The number of aromatic nitrogens is 7. The average Bonchev–Trinajstić information content (AvgIpc) is 3.42. The van der Waals surface area contributed by atoms with Crippen LogP contribution in [0.1, 0.15) is 60.3 Å². The first kappa shape index (κ1) is 21.7. The van der Waals surface area contributed by atoms with E-state index in [1.54, 1.807) is 6.20 Å². The average molecular weight is 473 g/mol. The minimum absolute atomic E-state index is 0.364. The second-order valence-electron chi connectivity index (χ2n) is 9.29. The number of nitrogens with one attached hydrogen (secondary N) is 2. The molecule has 6 rings (SSSR count). The van der Waals surface area contributed by atoms with Gasteiger partial charge in [-0.25, -0.2) is 4.98 Å². The molecule has 2 N–H and O–H groups in total. The summed E-state index contributed by atoms with van der Waals surface area (Å²) in [4.78, 5) is 4.50. The number of tetrazole rings is 1. The van der Waals surface area contributed by atoms with Crippen LogP contribution in [0.25, 0.3) is 0 Å². The summed E-state index contributed by atoms with van der Waals surface area (Å²) in [5.41, 5.74) is 4.21. The second-order valence-corrected chi connectivity index (χ2v) is 9.29. The molecular weight excluding hydrogens is 444 g/mol. The van der Waals surface area contributed by atoms with E-state index in [9.17, 15) is 0 Å². The van der Waals surface area contributed by atoms with Gasteiger partial charge in [0.1, 0.15) is 17.3 Å². The van der Waals surface area contributed by atoms with E-state index >= 15 is 0 Å². The molecule has 10 nitrogen and oxygen atoms in total. The number of pyridine rings is 1. The van der Waals surface area contributed by atoms with Gasteiger partial charge in [-0.2, -0.15) is 10.3 Å². The van der Waals surface area contributed by atoms with E-state index in [4.69, 9.17) is 14.6 Å². The molecule has 0 spiro atoms. The van der Waals surface area contributed by atoms with Crippen LogP contribution >= 0.6 is 0 Å². The molecule has 35 heavy (non-hydrogen) atoms. The van der Waals surface area contributed by atoms with Crippen LogP contribution in [-0.2, 0) is 11.2 Å². The molecule has 4 aromatic rings. The molecule has 0 bridgehead atoms. The number of aromatic amines is 1. The molecule has 4 heterocycles. The Morgan fingerprint density at radius 3 is 2.83 bits per heavy atom. The van der Waals surface area contributed by atoms with Gasteiger partial charge in [-0.05, 0) is 61.9 Å². The molecule has 1 aliphatic heterocycles. The van der Waals surface area contributed by atoms with E-state index in [-0.39, 0.29) is 0 Å². The van der Waals surface area contributed by atoms with Gasteiger partial charge in [0.2, 0.25) is 0 Å². The zero-order valence-corrected chi connectivity index (χ0v) is 19.6. The lowest BCUT2D eigenvalue weighted by Gasteiger charge is -2.21. The number of hydrogen-bond donors (Lipinski definition) is 2. The topological polar surface area (TPSA) is 116 Å². The number of rotatable bonds is 8. The van der Waals surface area contributed by atoms with Crippen molar-refractivity contribution in [1.29, 1.82) is 0 Å². The normalized spacial score (nSPS) is 16.4. The highest BCUT2D eigenvalue weighted by molar-refractivity contribution is 5.60. The minimum atomic E-state index is 0.364. The summed E-state index contributed by atoms with van der Waals surface area (Å²) in [6.07, 6.45) is 8.73. The fraction of sp³-hybridized carbons (Fsp3) is 0.400. The zero-order valence-electron chi connectivity index (χ0n) is 19.6. The number of benzene rings is 1. The zero-order chi connectivity index (χ0) is 23.6. The molecule has 10 heteroatoms. The van der Waals surface area contributed by atoms with Gasteiger partial charge in [0.05, 0.1) is 12.2 Å². The van der Waals surface area contributed by atoms with E-state index in [1.165, 1.54) is 12.8 Å². The second kappa shape index (κ2) is 9.46. The van der Waals surface area contributed by atoms with E-state index < -0.39 is 0 Å². The monoisotopic (exact) mass is 472 g/mol. The molecule has 0 amide bonds. The van der Waals surface area contributed by atoms with Gasteiger partial charge in [0.15, 0.2) is 11.6 Å². The summed E-state index contributed by atoms with van der Waals surface area (Å²) in [5.74, 6) is 3.29. The standard InChI is InChI=1S/C25H28N8O2/c1-16-10-17(13-24-28-31-32-29-24)12-19(11-16)27-23-14-21(4-7-26-23)35-22-15-33(20-2-3-20)30-25(22)18-5-8-34-9-6-18/h4,7,10-12,14-15,18,20H,2-3,5-6,8-9,13H2,1H3,(H,26,27)(H,28,29,31,32). The third-order valence-corrected chi connectivity index (χ3v) is 6.37. The molecule has 2 aliphatic rings. The number of ether oxygens (including phenoxy) is 2. The Hall–Kier alpha value is -3.79. The van der Waals surface area contributed by atoms with E-state index in [2.05, 4.69) is 66.9 Å². The maximum Gasteiger partial charge on any atom is 0.178 e. The fourth-order valence-electron chi connectivity index (χ4n) is 4.54. The van der Waals surface area contributed by atoms with Crippen LogP contribution in [0.2, 0.25) is 0 Å². The Labute approximate surface area is 203 Å². The Morgan fingerprint density at radius 1 is 1.14 bits per heavy atom. The van der Waals surface area contributed by atoms with Crippen molar-refractivity contribution in [1.82, 2.24) is 35.4 Å². The molecule has 0 unspecified atom stereocenters. The van der Waals surface area contributed by atoms with Gasteiger partial charge >= 0.3 is 0 Å². The molecule has 3 aromatic heterocycles. The predicted octanol–water partition coefficient (Wildman–Crippen LogP) is 4.46. The van der Waals surface area contributed by atoms with E-state index in [0.29, 0.717) is 30.0 Å². The summed E-state index contributed by atoms with van der Waals surface area (Å²) >= 11 is 0. The van der Waals surface area contributed by atoms with Gasteiger partial charge in [0, 0.05) is 43.5 Å². The number of nitrogens with zero attached hydrogens (tertiary/aromatic N) is 6. The fourth-order valence-corrected chi connectivity index (χ4v) is 4.54. The van der Waals surface area contributed by atoms with E-state index in [1.807, 2.05) is 12.1 Å². The summed E-state index contributed by atoms with van der Waals surface area (Å²) in [6, 6.07) is 10.6. The molecule has 0 radical (unpaired) electrons. The van der Waals surface area contributed by atoms with E-state index in [0.717, 1.165) is 60.1 Å². The lowest BCUT2D eigenvalue weighted by molar-refractivity contribution is 0.0839. The highest BCUT2D eigenvalue weighted by Gasteiger charge is 2.29. The van der Waals surface area contributed by atoms with Crippen LogP contribution in [0, 0.1) is 6.92 Å². The first-order chi connectivity index (χ1) is 17.2. The van der Waals surface area contributed by atoms with Crippen molar-refractivity contribution in [3.05, 3.63) is 65.4 Å². The summed E-state index contributed by atoms with van der Waals surface area (Å²) < 4.78 is 14.0. The molecule has 1 saturated carbocycles. The van der Waals surface area contributed by atoms with Crippen molar-refractivity contribution < 1.29 is 9.47 Å². The summed E-state index contributed by atoms with van der Waals surface area (Å²) in [7, 11) is 0. The number of aryl methyl sites for hydroxylation is 1. The van der Waals surface area contributed by atoms with Crippen LogP contribution in [0.15, 0.2) is 42.7 Å². The highest BCUT2D eigenvalue weighted by Crippen LogP contribution is 2.40. The minimum Gasteiger partial charge on any atom is -0.454 e. The molecule has 1 aromatic carbocycles. The van der Waals surface area contributed by atoms with Crippen LogP contribution in [0.5, 0.6) is 11.5 Å². The van der Waals surface area contributed by atoms with Crippen molar-refractivity contribution in [2.24, 2.45) is 0 Å². The smallest absolute Gasteiger partial charge is 0.178 e.